The van der Waals surface area contributed by atoms with Crippen LogP contribution in [0.15, 0.2) is 73.3 Å². The average Bonchev–Trinajstić information content (AvgIpc) is 3.52. The molecule has 2 aromatic carbocycles. The number of carbonyl (C=O) groups excluding carboxylic acids is 2. The van der Waals surface area contributed by atoms with Gasteiger partial charge in [-0.1, -0.05) is 6.92 Å². The largest absolute Gasteiger partial charge is 0.457 e. The van der Waals surface area contributed by atoms with Gasteiger partial charge in [-0.3, -0.25) is 14.3 Å². The third-order valence-electron chi connectivity index (χ3n) is 5.76. The van der Waals surface area contributed by atoms with Crippen molar-refractivity contribution in [2.75, 3.05) is 5.32 Å². The van der Waals surface area contributed by atoms with Crippen molar-refractivity contribution in [2.45, 2.75) is 20.0 Å². The summed E-state index contributed by atoms with van der Waals surface area (Å²) in [4.78, 5) is 29.2. The zero-order valence-corrected chi connectivity index (χ0v) is 20.8. The van der Waals surface area contributed by atoms with Crippen LogP contribution in [0.3, 0.4) is 0 Å². The number of ether oxygens (including phenoxy) is 2. The van der Waals surface area contributed by atoms with Crippen LogP contribution in [0, 0.1) is 0 Å². The Morgan fingerprint density at radius 1 is 1.10 bits per heavy atom. The van der Waals surface area contributed by atoms with Crippen LogP contribution in [0.5, 0.6) is 17.2 Å². The Kier molecular flexibility index (Phi) is 7.00. The van der Waals surface area contributed by atoms with Crippen molar-refractivity contribution in [2.24, 2.45) is 7.05 Å². The summed E-state index contributed by atoms with van der Waals surface area (Å²) in [5.74, 6) is 0.0701. The number of nitrogens with one attached hydrogen (secondary N) is 1. The number of Topliss-reactive ketones (excluding diaryl/α,β-unsaturated/α-hetero) is 1. The molecule has 0 aliphatic carbocycles. The Hall–Kier alpha value is -5.13. The summed E-state index contributed by atoms with van der Waals surface area (Å²) in [6.07, 6.45) is 6.50. The lowest BCUT2D eigenvalue weighted by Gasteiger charge is -2.13. The predicted octanol–water partition coefficient (Wildman–Crippen LogP) is 5.37. The molecule has 0 fully saturated rings. The van der Waals surface area contributed by atoms with Crippen LogP contribution < -0.4 is 14.8 Å². The second-order valence-electron chi connectivity index (χ2n) is 8.40. The van der Waals surface area contributed by atoms with Crippen LogP contribution >= 0.6 is 0 Å². The lowest BCUT2D eigenvalue weighted by Crippen LogP contribution is -2.12. The van der Waals surface area contributed by atoms with Gasteiger partial charge in [0.25, 0.3) is 5.91 Å². The molecule has 3 heterocycles. The number of alkyl halides is 2. The lowest BCUT2D eigenvalue weighted by atomic mass is 10.1. The first-order valence-corrected chi connectivity index (χ1v) is 11.9. The normalized spacial score (nSPS) is 11.1. The van der Waals surface area contributed by atoms with Crippen molar-refractivity contribution in [3.8, 4) is 28.5 Å². The van der Waals surface area contributed by atoms with E-state index in [2.05, 4.69) is 20.5 Å². The van der Waals surface area contributed by atoms with E-state index in [4.69, 9.17) is 9.47 Å². The van der Waals surface area contributed by atoms with Crippen LogP contribution in [0.2, 0.25) is 0 Å². The van der Waals surface area contributed by atoms with Crippen LogP contribution in [0.25, 0.3) is 16.9 Å². The third-order valence-corrected chi connectivity index (χ3v) is 5.76. The molecule has 0 spiro atoms. The van der Waals surface area contributed by atoms with Crippen LogP contribution in [-0.4, -0.2) is 42.7 Å². The first kappa shape index (κ1) is 25.5. The number of ketones is 1. The van der Waals surface area contributed by atoms with Gasteiger partial charge in [0, 0.05) is 37.6 Å². The highest BCUT2D eigenvalue weighted by atomic mass is 19.3. The molecule has 5 rings (SSSR count). The van der Waals surface area contributed by atoms with Crippen LogP contribution in [-0.2, 0) is 7.05 Å². The minimum Gasteiger partial charge on any atom is -0.457 e. The fraction of sp³-hybridized carbons (Fsp3) is 0.148. The molecule has 5 aromatic rings. The fourth-order valence-electron chi connectivity index (χ4n) is 3.96. The first-order chi connectivity index (χ1) is 18.8. The number of hydrogen-bond acceptors (Lipinski definition) is 7. The maximum atomic E-state index is 13.3. The number of fused-ring (bicyclic) bond motifs is 1. The fourth-order valence-corrected chi connectivity index (χ4v) is 3.96. The zero-order chi connectivity index (χ0) is 27.5. The standard InChI is InChI=1S/C27H22F2N6O4/c1-3-22(36)16-5-7-17(8-6-16)38-18-9-10-23(39-27(28)29)19(13-18)24-21(15-34(2)33-24)32-26(37)20-14-31-35-12-4-11-30-25(20)35/h4-15,27H,3H2,1-2H3,(H,32,37). The zero-order valence-electron chi connectivity index (χ0n) is 20.8. The second kappa shape index (κ2) is 10.7. The van der Waals surface area contributed by atoms with Gasteiger partial charge >= 0.3 is 6.61 Å². The average molecular weight is 533 g/mol. The minimum absolute atomic E-state index is 0.00182. The Balaban J connectivity index is 1.48. The molecule has 39 heavy (non-hydrogen) atoms. The molecule has 0 atom stereocenters. The maximum absolute atomic E-state index is 13.3. The van der Waals surface area contributed by atoms with Crippen molar-refractivity contribution in [1.29, 1.82) is 0 Å². The van der Waals surface area contributed by atoms with Gasteiger partial charge in [-0.25, -0.2) is 9.50 Å². The SMILES string of the molecule is CCC(=O)c1ccc(Oc2ccc(OC(F)F)c(-c3nn(C)cc3NC(=O)c3cnn4cccnc34)c2)cc1. The van der Waals surface area contributed by atoms with E-state index in [0.29, 0.717) is 29.1 Å². The van der Waals surface area contributed by atoms with Gasteiger partial charge in [0.15, 0.2) is 11.4 Å². The number of benzene rings is 2. The summed E-state index contributed by atoms with van der Waals surface area (Å²) < 4.78 is 40.1. The minimum atomic E-state index is -3.09. The Labute approximate surface area is 220 Å². The summed E-state index contributed by atoms with van der Waals surface area (Å²) in [6, 6.07) is 12.6. The van der Waals surface area contributed by atoms with E-state index in [0.717, 1.165) is 0 Å². The summed E-state index contributed by atoms with van der Waals surface area (Å²) in [5, 5.41) is 11.3. The summed E-state index contributed by atoms with van der Waals surface area (Å²) in [5.41, 5.74) is 1.72. The van der Waals surface area contributed by atoms with Crippen LogP contribution in [0.1, 0.15) is 34.1 Å². The van der Waals surface area contributed by atoms with E-state index in [-0.39, 0.29) is 34.0 Å². The topological polar surface area (TPSA) is 113 Å². The number of aryl methyl sites for hydroxylation is 1. The molecule has 0 saturated heterocycles. The molecule has 10 nitrogen and oxygen atoms in total. The number of nitrogens with zero attached hydrogens (tertiary/aromatic N) is 5. The van der Waals surface area contributed by atoms with Gasteiger partial charge in [-0.05, 0) is 48.5 Å². The van der Waals surface area contributed by atoms with E-state index < -0.39 is 12.5 Å². The number of hydrogen-bond donors (Lipinski definition) is 1. The van der Waals surface area contributed by atoms with E-state index in [9.17, 15) is 18.4 Å². The molecule has 3 aromatic heterocycles. The van der Waals surface area contributed by atoms with Gasteiger partial charge in [-0.15, -0.1) is 0 Å². The van der Waals surface area contributed by atoms with E-state index in [1.807, 2.05) is 0 Å². The highest BCUT2D eigenvalue weighted by Crippen LogP contribution is 2.38. The van der Waals surface area contributed by atoms with Gasteiger partial charge < -0.3 is 14.8 Å². The number of carbonyl (C=O) groups is 2. The number of anilines is 1. The van der Waals surface area contributed by atoms with E-state index in [1.165, 1.54) is 46.0 Å². The van der Waals surface area contributed by atoms with Crippen molar-refractivity contribution in [3.63, 3.8) is 0 Å². The lowest BCUT2D eigenvalue weighted by molar-refractivity contribution is -0.0494. The van der Waals surface area contributed by atoms with Crippen molar-refractivity contribution in [3.05, 3.63) is 84.4 Å². The quantitative estimate of drug-likeness (QED) is 0.254. The monoisotopic (exact) mass is 532 g/mol. The molecule has 0 aliphatic rings. The molecule has 1 amide bonds. The molecule has 0 aliphatic heterocycles. The molecule has 0 radical (unpaired) electrons. The first-order valence-electron chi connectivity index (χ1n) is 11.9. The van der Waals surface area contributed by atoms with Crippen molar-refractivity contribution < 1.29 is 27.8 Å². The number of amides is 1. The molecule has 0 saturated carbocycles. The number of rotatable bonds is 9. The summed E-state index contributed by atoms with van der Waals surface area (Å²) >= 11 is 0. The summed E-state index contributed by atoms with van der Waals surface area (Å²) in [6.45, 7) is -1.31. The molecular formula is C27H22F2N6O4. The summed E-state index contributed by atoms with van der Waals surface area (Å²) in [7, 11) is 1.63. The molecule has 0 unspecified atom stereocenters. The maximum Gasteiger partial charge on any atom is 0.387 e. The van der Waals surface area contributed by atoms with Crippen molar-refractivity contribution >= 4 is 23.0 Å². The number of halogens is 2. The third kappa shape index (κ3) is 5.44. The van der Waals surface area contributed by atoms with Crippen LogP contribution in [0.4, 0.5) is 14.5 Å². The molecule has 1 N–H and O–H groups in total. The highest BCUT2D eigenvalue weighted by molar-refractivity contribution is 6.09. The van der Waals surface area contributed by atoms with E-state index in [1.54, 1.807) is 50.5 Å². The Bertz CT molecular complexity index is 1660. The molecule has 198 valence electrons. The Morgan fingerprint density at radius 2 is 1.87 bits per heavy atom. The van der Waals surface area contributed by atoms with Gasteiger partial charge in [0.2, 0.25) is 0 Å². The molecular weight excluding hydrogens is 510 g/mol. The van der Waals surface area contributed by atoms with Crippen molar-refractivity contribution in [1.82, 2.24) is 24.4 Å². The second-order valence-corrected chi connectivity index (χ2v) is 8.40. The molecule has 12 heteroatoms. The van der Waals surface area contributed by atoms with Gasteiger partial charge in [-0.2, -0.15) is 19.0 Å². The smallest absolute Gasteiger partial charge is 0.387 e. The van der Waals surface area contributed by atoms with E-state index >= 15 is 0 Å². The van der Waals surface area contributed by atoms with Gasteiger partial charge in [0.05, 0.1) is 17.4 Å². The predicted molar refractivity (Wildman–Crippen MR) is 137 cm³/mol. The van der Waals surface area contributed by atoms with Gasteiger partial charge in [0.1, 0.15) is 28.5 Å². The number of aromatic nitrogens is 5. The molecule has 0 bridgehead atoms. The highest BCUT2D eigenvalue weighted by Gasteiger charge is 2.22. The Morgan fingerprint density at radius 3 is 2.62 bits per heavy atom.